The van der Waals surface area contributed by atoms with Crippen LogP contribution in [0.15, 0.2) is 48.5 Å². The van der Waals surface area contributed by atoms with E-state index in [1.165, 1.54) is 0 Å². The number of ether oxygens (including phenoxy) is 1. The maximum Gasteiger partial charge on any atom is 0.225 e. The van der Waals surface area contributed by atoms with Gasteiger partial charge in [0.05, 0.1) is 19.0 Å². The maximum atomic E-state index is 12.3. The van der Waals surface area contributed by atoms with Crippen molar-refractivity contribution in [2.24, 2.45) is 5.92 Å². The molecule has 1 saturated carbocycles. The average Bonchev–Trinajstić information content (AvgIpc) is 2.83. The second-order valence-corrected chi connectivity index (χ2v) is 8.97. The van der Waals surface area contributed by atoms with Gasteiger partial charge < -0.3 is 20.3 Å². The molecule has 1 heterocycles. The first-order chi connectivity index (χ1) is 16.0. The summed E-state index contributed by atoms with van der Waals surface area (Å²) >= 11 is 0. The topological polar surface area (TPSA) is 79.4 Å². The molecule has 0 aliphatic heterocycles. The highest BCUT2D eigenvalue weighted by atomic mass is 16.5. The van der Waals surface area contributed by atoms with Crippen molar-refractivity contribution in [1.82, 2.24) is 15.3 Å². The van der Waals surface area contributed by atoms with Crippen LogP contribution < -0.4 is 20.3 Å². The molecule has 0 bridgehead atoms. The zero-order valence-electron chi connectivity index (χ0n) is 19.7. The SMILES string of the molecule is COc1ccc(CC(=O)NC[C@H]2CC[C@@H](Nc3nc(N(C)C)c4ccccc4n3)CC2)cc1. The molecule has 0 saturated heterocycles. The van der Waals surface area contributed by atoms with E-state index in [4.69, 9.17) is 14.7 Å². The molecule has 1 fully saturated rings. The van der Waals surface area contributed by atoms with Crippen LogP contribution in [-0.4, -0.2) is 49.7 Å². The number of carbonyl (C=O) groups is 1. The molecule has 0 spiro atoms. The zero-order chi connectivity index (χ0) is 23.2. The van der Waals surface area contributed by atoms with Crippen LogP contribution in [0.25, 0.3) is 10.9 Å². The molecule has 33 heavy (non-hydrogen) atoms. The van der Waals surface area contributed by atoms with Crippen molar-refractivity contribution >= 4 is 28.6 Å². The van der Waals surface area contributed by atoms with E-state index in [-0.39, 0.29) is 5.91 Å². The van der Waals surface area contributed by atoms with Gasteiger partial charge in [-0.15, -0.1) is 0 Å². The highest BCUT2D eigenvalue weighted by Crippen LogP contribution is 2.28. The summed E-state index contributed by atoms with van der Waals surface area (Å²) in [6, 6.07) is 16.1. The van der Waals surface area contributed by atoms with E-state index in [0.29, 0.717) is 24.3 Å². The molecule has 174 valence electrons. The number of amides is 1. The van der Waals surface area contributed by atoms with Gasteiger partial charge in [0.15, 0.2) is 0 Å². The molecular weight excluding hydrogens is 414 g/mol. The Morgan fingerprint density at radius 3 is 2.45 bits per heavy atom. The number of hydrogen-bond acceptors (Lipinski definition) is 6. The molecule has 1 aromatic heterocycles. The number of hydrogen-bond donors (Lipinski definition) is 2. The molecule has 3 aromatic rings. The van der Waals surface area contributed by atoms with Gasteiger partial charge in [0.25, 0.3) is 0 Å². The number of rotatable bonds is 8. The lowest BCUT2D eigenvalue weighted by Crippen LogP contribution is -2.34. The molecule has 0 unspecified atom stereocenters. The molecule has 1 amide bonds. The Hall–Kier alpha value is -3.35. The first kappa shape index (κ1) is 22.8. The smallest absolute Gasteiger partial charge is 0.225 e. The quantitative estimate of drug-likeness (QED) is 0.543. The molecule has 7 heteroatoms. The van der Waals surface area contributed by atoms with E-state index in [1.54, 1.807) is 7.11 Å². The van der Waals surface area contributed by atoms with Crippen molar-refractivity contribution in [1.29, 1.82) is 0 Å². The minimum Gasteiger partial charge on any atom is -0.497 e. The summed E-state index contributed by atoms with van der Waals surface area (Å²) in [5.41, 5.74) is 1.95. The number of benzene rings is 2. The van der Waals surface area contributed by atoms with Crippen molar-refractivity contribution in [3.8, 4) is 5.75 Å². The van der Waals surface area contributed by atoms with Gasteiger partial charge in [-0.3, -0.25) is 4.79 Å². The van der Waals surface area contributed by atoms with Crippen LogP contribution in [0.2, 0.25) is 0 Å². The number of aromatic nitrogens is 2. The summed E-state index contributed by atoms with van der Waals surface area (Å²) in [6.07, 6.45) is 4.65. The molecule has 1 aliphatic rings. The molecule has 7 nitrogen and oxygen atoms in total. The largest absolute Gasteiger partial charge is 0.497 e. The third kappa shape index (κ3) is 5.92. The van der Waals surface area contributed by atoms with Gasteiger partial charge >= 0.3 is 0 Å². The van der Waals surface area contributed by atoms with Crippen molar-refractivity contribution in [2.45, 2.75) is 38.1 Å². The van der Waals surface area contributed by atoms with Gasteiger partial charge in [0.1, 0.15) is 11.6 Å². The molecule has 0 atom stereocenters. The fourth-order valence-corrected chi connectivity index (χ4v) is 4.41. The van der Waals surface area contributed by atoms with Crippen LogP contribution in [0.1, 0.15) is 31.2 Å². The average molecular weight is 448 g/mol. The number of methoxy groups -OCH3 is 1. The predicted molar refractivity (Wildman–Crippen MR) is 133 cm³/mol. The van der Waals surface area contributed by atoms with Crippen LogP contribution >= 0.6 is 0 Å². The summed E-state index contributed by atoms with van der Waals surface area (Å²) in [7, 11) is 5.65. The first-order valence-corrected chi connectivity index (χ1v) is 11.6. The minimum absolute atomic E-state index is 0.0705. The fraction of sp³-hybridized carbons (Fsp3) is 0.423. The van der Waals surface area contributed by atoms with Gasteiger partial charge in [0.2, 0.25) is 11.9 Å². The summed E-state index contributed by atoms with van der Waals surface area (Å²) in [5, 5.41) is 7.72. The van der Waals surface area contributed by atoms with Crippen molar-refractivity contribution < 1.29 is 9.53 Å². The van der Waals surface area contributed by atoms with Crippen LogP contribution in [-0.2, 0) is 11.2 Å². The van der Waals surface area contributed by atoms with Crippen molar-refractivity contribution in [2.75, 3.05) is 38.0 Å². The number of fused-ring (bicyclic) bond motifs is 1. The summed E-state index contributed by atoms with van der Waals surface area (Å²) in [6.45, 7) is 0.735. The highest BCUT2D eigenvalue weighted by Gasteiger charge is 2.22. The lowest BCUT2D eigenvalue weighted by molar-refractivity contribution is -0.120. The van der Waals surface area contributed by atoms with Crippen LogP contribution in [0.4, 0.5) is 11.8 Å². The van der Waals surface area contributed by atoms with E-state index < -0.39 is 0 Å². The van der Waals surface area contributed by atoms with Crippen LogP contribution in [0, 0.1) is 5.92 Å². The Bertz CT molecular complexity index is 1080. The Kier molecular flexibility index (Phi) is 7.27. The van der Waals surface area contributed by atoms with E-state index in [2.05, 4.69) is 16.7 Å². The molecule has 4 rings (SSSR count). The van der Waals surface area contributed by atoms with Crippen molar-refractivity contribution in [3.63, 3.8) is 0 Å². The van der Waals surface area contributed by atoms with Crippen LogP contribution in [0.5, 0.6) is 5.75 Å². The lowest BCUT2D eigenvalue weighted by Gasteiger charge is -2.29. The maximum absolute atomic E-state index is 12.3. The predicted octanol–water partition coefficient (Wildman–Crippen LogP) is 4.03. The van der Waals surface area contributed by atoms with E-state index in [0.717, 1.165) is 60.3 Å². The van der Waals surface area contributed by atoms with Gasteiger partial charge in [-0.25, -0.2) is 4.98 Å². The first-order valence-electron chi connectivity index (χ1n) is 11.6. The Morgan fingerprint density at radius 2 is 1.76 bits per heavy atom. The molecule has 1 aliphatic carbocycles. The third-order valence-electron chi connectivity index (χ3n) is 6.30. The fourth-order valence-electron chi connectivity index (χ4n) is 4.41. The number of anilines is 2. The van der Waals surface area contributed by atoms with Gasteiger partial charge in [-0.2, -0.15) is 4.98 Å². The number of para-hydroxylation sites is 1. The summed E-state index contributed by atoms with van der Waals surface area (Å²) in [5.74, 6) is 3.00. The van der Waals surface area contributed by atoms with Crippen LogP contribution in [0.3, 0.4) is 0 Å². The number of carbonyl (C=O) groups excluding carboxylic acids is 1. The van der Waals surface area contributed by atoms with E-state index in [9.17, 15) is 4.79 Å². The van der Waals surface area contributed by atoms with Crippen molar-refractivity contribution in [3.05, 3.63) is 54.1 Å². The highest BCUT2D eigenvalue weighted by molar-refractivity contribution is 5.90. The molecule has 2 aromatic carbocycles. The monoisotopic (exact) mass is 447 g/mol. The molecule has 2 N–H and O–H groups in total. The standard InChI is InChI=1S/C26H33N5O2/c1-31(2)25-22-6-4-5-7-23(22)29-26(30-25)28-20-12-8-19(9-13-20)17-27-24(32)16-18-10-14-21(33-3)15-11-18/h4-7,10-11,14-15,19-20H,8-9,12-13,16-17H2,1-3H3,(H,27,32)(H,28,29,30)/t19-,20+. The molecule has 0 radical (unpaired) electrons. The van der Waals surface area contributed by atoms with Gasteiger partial charge in [-0.1, -0.05) is 24.3 Å². The third-order valence-corrected chi connectivity index (χ3v) is 6.30. The lowest BCUT2D eigenvalue weighted by atomic mass is 9.86. The second kappa shape index (κ2) is 10.5. The number of nitrogens with zero attached hydrogens (tertiary/aromatic N) is 3. The Morgan fingerprint density at radius 1 is 1.03 bits per heavy atom. The Labute approximate surface area is 195 Å². The van der Waals surface area contributed by atoms with Gasteiger partial charge in [-0.05, 0) is 61.4 Å². The minimum atomic E-state index is 0.0705. The zero-order valence-corrected chi connectivity index (χ0v) is 19.7. The normalized spacial score (nSPS) is 18.0. The summed E-state index contributed by atoms with van der Waals surface area (Å²) in [4.78, 5) is 23.9. The van der Waals surface area contributed by atoms with E-state index >= 15 is 0 Å². The molecular formula is C26H33N5O2. The van der Waals surface area contributed by atoms with Gasteiger partial charge in [0, 0.05) is 32.1 Å². The summed E-state index contributed by atoms with van der Waals surface area (Å²) < 4.78 is 5.17. The van der Waals surface area contributed by atoms with E-state index in [1.807, 2.05) is 61.5 Å². The number of nitrogens with one attached hydrogen (secondary N) is 2. The Balaban J connectivity index is 1.25. The second-order valence-electron chi connectivity index (χ2n) is 8.97.